The fourth-order valence-electron chi connectivity index (χ4n) is 1.67. The molecular formula is C11H13N3. The zero-order valence-corrected chi connectivity index (χ0v) is 8.33. The van der Waals surface area contributed by atoms with Crippen LogP contribution in [0.4, 0.5) is 11.4 Å². The topological polar surface area (TPSA) is 64.9 Å². The monoisotopic (exact) mass is 187 g/mol. The second-order valence-electron chi connectivity index (χ2n) is 3.49. The summed E-state index contributed by atoms with van der Waals surface area (Å²) in [6.45, 7) is 3.88. The molecule has 1 aromatic carbocycles. The quantitative estimate of drug-likeness (QED) is 0.663. The van der Waals surface area contributed by atoms with Crippen LogP contribution in [-0.4, -0.2) is 4.98 Å². The summed E-state index contributed by atoms with van der Waals surface area (Å²) in [5.74, 6) is 0. The number of anilines is 2. The van der Waals surface area contributed by atoms with E-state index in [4.69, 9.17) is 11.5 Å². The Kier molecular flexibility index (Phi) is 1.81. The Morgan fingerprint density at radius 1 is 1.07 bits per heavy atom. The molecule has 1 heterocycles. The lowest BCUT2D eigenvalue weighted by molar-refractivity contribution is 1.26. The third-order valence-electron chi connectivity index (χ3n) is 2.49. The highest BCUT2D eigenvalue weighted by molar-refractivity contribution is 5.98. The number of nitrogens with two attached hydrogens (primary N) is 2. The standard InChI is InChI=1S/C11H13N3/c1-6-4-3-5-8-9(6)11(13)10(12)7(2)14-8/h3-5H,12H2,1-2H3,(H2,13,14). The van der Waals surface area contributed by atoms with Gasteiger partial charge >= 0.3 is 0 Å². The number of hydrogen-bond acceptors (Lipinski definition) is 3. The summed E-state index contributed by atoms with van der Waals surface area (Å²) < 4.78 is 0. The molecule has 0 aliphatic rings. The Bertz CT molecular complexity index is 503. The Balaban J connectivity index is 2.99. The van der Waals surface area contributed by atoms with E-state index in [2.05, 4.69) is 4.98 Å². The van der Waals surface area contributed by atoms with Crippen LogP contribution in [0.5, 0.6) is 0 Å². The van der Waals surface area contributed by atoms with Gasteiger partial charge in [0.2, 0.25) is 0 Å². The minimum atomic E-state index is 0.590. The molecule has 0 saturated heterocycles. The third-order valence-corrected chi connectivity index (χ3v) is 2.49. The third kappa shape index (κ3) is 1.09. The molecule has 0 aliphatic heterocycles. The zero-order chi connectivity index (χ0) is 10.3. The smallest absolute Gasteiger partial charge is 0.0770 e. The molecule has 4 N–H and O–H groups in total. The van der Waals surface area contributed by atoms with Crippen molar-refractivity contribution >= 4 is 22.3 Å². The summed E-state index contributed by atoms with van der Waals surface area (Å²) in [6.07, 6.45) is 0. The van der Waals surface area contributed by atoms with E-state index in [1.807, 2.05) is 32.0 Å². The highest BCUT2D eigenvalue weighted by Gasteiger charge is 2.08. The van der Waals surface area contributed by atoms with E-state index in [0.29, 0.717) is 11.4 Å². The lowest BCUT2D eigenvalue weighted by Gasteiger charge is -2.09. The molecule has 0 spiro atoms. The lowest BCUT2D eigenvalue weighted by atomic mass is 10.1. The molecule has 0 unspecified atom stereocenters. The minimum absolute atomic E-state index is 0.590. The van der Waals surface area contributed by atoms with Crippen LogP contribution in [0.1, 0.15) is 11.3 Å². The predicted molar refractivity (Wildman–Crippen MR) is 60.0 cm³/mol. The molecule has 0 bridgehead atoms. The van der Waals surface area contributed by atoms with Gasteiger partial charge in [-0.3, -0.25) is 4.98 Å². The maximum atomic E-state index is 5.95. The van der Waals surface area contributed by atoms with Crippen LogP contribution >= 0.6 is 0 Å². The molecule has 0 atom stereocenters. The molecule has 2 aromatic rings. The lowest BCUT2D eigenvalue weighted by Crippen LogP contribution is -2.01. The Morgan fingerprint density at radius 3 is 2.50 bits per heavy atom. The van der Waals surface area contributed by atoms with Crippen molar-refractivity contribution in [3.8, 4) is 0 Å². The number of pyridine rings is 1. The fourth-order valence-corrected chi connectivity index (χ4v) is 1.67. The number of benzene rings is 1. The van der Waals surface area contributed by atoms with Gasteiger partial charge in [-0.05, 0) is 25.5 Å². The first kappa shape index (κ1) is 8.81. The van der Waals surface area contributed by atoms with Crippen molar-refractivity contribution < 1.29 is 0 Å². The van der Waals surface area contributed by atoms with Gasteiger partial charge in [0.15, 0.2) is 0 Å². The number of rotatable bonds is 0. The average molecular weight is 187 g/mol. The number of aryl methyl sites for hydroxylation is 2. The van der Waals surface area contributed by atoms with E-state index in [-0.39, 0.29) is 0 Å². The van der Waals surface area contributed by atoms with E-state index in [0.717, 1.165) is 22.2 Å². The van der Waals surface area contributed by atoms with Gasteiger partial charge in [-0.1, -0.05) is 12.1 Å². The summed E-state index contributed by atoms with van der Waals surface area (Å²) in [5.41, 5.74) is 15.8. The van der Waals surface area contributed by atoms with Crippen molar-refractivity contribution in [2.24, 2.45) is 0 Å². The molecule has 72 valence electrons. The van der Waals surface area contributed by atoms with Crippen LogP contribution in [0, 0.1) is 13.8 Å². The van der Waals surface area contributed by atoms with Gasteiger partial charge in [-0.25, -0.2) is 0 Å². The zero-order valence-electron chi connectivity index (χ0n) is 8.33. The van der Waals surface area contributed by atoms with Crippen molar-refractivity contribution in [1.29, 1.82) is 0 Å². The number of nitrogens with zero attached hydrogens (tertiary/aromatic N) is 1. The van der Waals surface area contributed by atoms with Crippen molar-refractivity contribution in [3.05, 3.63) is 29.5 Å². The molecular weight excluding hydrogens is 174 g/mol. The normalized spacial score (nSPS) is 10.7. The Labute approximate surface area is 82.7 Å². The van der Waals surface area contributed by atoms with Gasteiger partial charge < -0.3 is 11.5 Å². The molecule has 0 amide bonds. The number of aromatic nitrogens is 1. The van der Waals surface area contributed by atoms with E-state index in [1.165, 1.54) is 0 Å². The van der Waals surface area contributed by atoms with Gasteiger partial charge in [0, 0.05) is 5.39 Å². The summed E-state index contributed by atoms with van der Waals surface area (Å²) in [5, 5.41) is 0.968. The van der Waals surface area contributed by atoms with Crippen molar-refractivity contribution in [1.82, 2.24) is 4.98 Å². The van der Waals surface area contributed by atoms with Gasteiger partial charge in [0.1, 0.15) is 0 Å². The predicted octanol–water partition coefficient (Wildman–Crippen LogP) is 2.02. The fraction of sp³-hybridized carbons (Fsp3) is 0.182. The van der Waals surface area contributed by atoms with Gasteiger partial charge in [0.05, 0.1) is 22.6 Å². The molecule has 0 saturated carbocycles. The molecule has 3 heteroatoms. The molecule has 1 aromatic heterocycles. The minimum Gasteiger partial charge on any atom is -0.396 e. The largest absolute Gasteiger partial charge is 0.396 e. The number of nitrogen functional groups attached to an aromatic ring is 2. The van der Waals surface area contributed by atoms with Gasteiger partial charge in [-0.2, -0.15) is 0 Å². The number of fused-ring (bicyclic) bond motifs is 1. The average Bonchev–Trinajstić information content (AvgIpc) is 2.14. The maximum absolute atomic E-state index is 5.95. The molecule has 0 radical (unpaired) electrons. The molecule has 0 aliphatic carbocycles. The number of hydrogen-bond donors (Lipinski definition) is 2. The Morgan fingerprint density at radius 2 is 1.79 bits per heavy atom. The molecule has 2 rings (SSSR count). The highest BCUT2D eigenvalue weighted by Crippen LogP contribution is 2.29. The van der Waals surface area contributed by atoms with Crippen LogP contribution in [0.15, 0.2) is 18.2 Å². The molecule has 0 fully saturated rings. The first-order valence-electron chi connectivity index (χ1n) is 4.52. The Hall–Kier alpha value is -1.77. The van der Waals surface area contributed by atoms with Crippen LogP contribution in [0.3, 0.4) is 0 Å². The molecule has 3 nitrogen and oxygen atoms in total. The summed E-state index contributed by atoms with van der Waals surface area (Å²) >= 11 is 0. The van der Waals surface area contributed by atoms with E-state index in [9.17, 15) is 0 Å². The van der Waals surface area contributed by atoms with Crippen molar-refractivity contribution in [2.45, 2.75) is 13.8 Å². The second kappa shape index (κ2) is 2.87. The first-order chi connectivity index (χ1) is 6.61. The summed E-state index contributed by atoms with van der Waals surface area (Å²) in [4.78, 5) is 4.39. The van der Waals surface area contributed by atoms with Crippen LogP contribution in [0.25, 0.3) is 10.9 Å². The van der Waals surface area contributed by atoms with Gasteiger partial charge in [-0.15, -0.1) is 0 Å². The molecule has 14 heavy (non-hydrogen) atoms. The van der Waals surface area contributed by atoms with Crippen molar-refractivity contribution in [2.75, 3.05) is 11.5 Å². The second-order valence-corrected chi connectivity index (χ2v) is 3.49. The summed E-state index contributed by atoms with van der Waals surface area (Å²) in [6, 6.07) is 5.93. The van der Waals surface area contributed by atoms with E-state index in [1.54, 1.807) is 0 Å². The van der Waals surface area contributed by atoms with Crippen LogP contribution in [0.2, 0.25) is 0 Å². The van der Waals surface area contributed by atoms with E-state index < -0.39 is 0 Å². The first-order valence-corrected chi connectivity index (χ1v) is 4.52. The van der Waals surface area contributed by atoms with Crippen LogP contribution < -0.4 is 11.5 Å². The highest BCUT2D eigenvalue weighted by atomic mass is 14.8. The van der Waals surface area contributed by atoms with E-state index >= 15 is 0 Å². The maximum Gasteiger partial charge on any atom is 0.0770 e. The van der Waals surface area contributed by atoms with Crippen LogP contribution in [-0.2, 0) is 0 Å². The van der Waals surface area contributed by atoms with Crippen molar-refractivity contribution in [3.63, 3.8) is 0 Å². The summed E-state index contributed by atoms with van der Waals surface area (Å²) in [7, 11) is 0. The van der Waals surface area contributed by atoms with Gasteiger partial charge in [0.25, 0.3) is 0 Å². The SMILES string of the molecule is Cc1nc2cccc(C)c2c(N)c1N.